The molecule has 2 aromatic carbocycles. The maximum absolute atomic E-state index is 13.2. The smallest absolute Gasteiger partial charge is 0.328 e. The molecule has 2 atom stereocenters. The number of benzene rings is 2. The molecule has 0 unspecified atom stereocenters. The van der Waals surface area contributed by atoms with Gasteiger partial charge in [-0.15, -0.1) is 0 Å². The van der Waals surface area contributed by atoms with Gasteiger partial charge in [-0.25, -0.2) is 4.79 Å². The van der Waals surface area contributed by atoms with Gasteiger partial charge in [-0.2, -0.15) is 0 Å². The van der Waals surface area contributed by atoms with Crippen molar-refractivity contribution >= 4 is 23.8 Å². The van der Waals surface area contributed by atoms with Gasteiger partial charge in [-0.1, -0.05) is 87.4 Å². The summed E-state index contributed by atoms with van der Waals surface area (Å²) in [4.78, 5) is 50.8. The number of esters is 2. The average molecular weight is 512 g/mol. The summed E-state index contributed by atoms with van der Waals surface area (Å²) in [6, 6.07) is 16.2. The lowest BCUT2D eigenvalue weighted by molar-refractivity contribution is -0.150. The van der Waals surface area contributed by atoms with Gasteiger partial charge in [-0.3, -0.25) is 14.4 Å². The van der Waals surface area contributed by atoms with Crippen LogP contribution in [0.3, 0.4) is 0 Å². The summed E-state index contributed by atoms with van der Waals surface area (Å²) in [7, 11) is 0. The summed E-state index contributed by atoms with van der Waals surface area (Å²) in [5, 5.41) is 8.12. The lowest BCUT2D eigenvalue weighted by atomic mass is 10.1. The predicted molar refractivity (Wildman–Crippen MR) is 139 cm³/mol. The van der Waals surface area contributed by atoms with Gasteiger partial charge in [0.15, 0.2) is 0 Å². The predicted octanol–water partition coefficient (Wildman–Crippen LogP) is 2.63. The minimum atomic E-state index is -1.21. The number of carbonyl (C=O) groups is 4. The number of hydrogen-bond acceptors (Lipinski definition) is 7. The molecule has 0 aliphatic carbocycles. The zero-order valence-corrected chi connectivity index (χ0v) is 21.5. The van der Waals surface area contributed by atoms with Crippen LogP contribution in [-0.2, 0) is 41.9 Å². The van der Waals surface area contributed by atoms with Crippen molar-refractivity contribution < 1.29 is 28.7 Å². The Morgan fingerprint density at radius 1 is 0.784 bits per heavy atom. The lowest BCUT2D eigenvalue weighted by Gasteiger charge is -2.22. The van der Waals surface area contributed by atoms with Gasteiger partial charge >= 0.3 is 11.9 Å². The third-order valence-corrected chi connectivity index (χ3v) is 5.47. The van der Waals surface area contributed by atoms with Gasteiger partial charge in [0.25, 0.3) is 0 Å². The highest BCUT2D eigenvalue weighted by Crippen LogP contribution is 2.09. The van der Waals surface area contributed by atoms with Crippen molar-refractivity contribution in [2.24, 2.45) is 0 Å². The highest BCUT2D eigenvalue weighted by Gasteiger charge is 2.29. The topological polar surface area (TPSA) is 123 Å². The van der Waals surface area contributed by atoms with E-state index >= 15 is 0 Å². The summed E-state index contributed by atoms with van der Waals surface area (Å²) >= 11 is 0. The van der Waals surface area contributed by atoms with Gasteiger partial charge in [0.1, 0.15) is 25.3 Å². The SMILES string of the molecule is CCCC[C@H](NC(=O)[C@H](CC(=O)OCc1ccccc1)NC(=O)CNCC)C(=O)OCc1ccccc1. The summed E-state index contributed by atoms with van der Waals surface area (Å²) in [5.74, 6) is -2.33. The van der Waals surface area contributed by atoms with E-state index in [2.05, 4.69) is 16.0 Å². The fourth-order valence-electron chi connectivity index (χ4n) is 3.42. The Bertz CT molecular complexity index is 984. The number of unbranched alkanes of at least 4 members (excludes halogenated alkanes) is 1. The van der Waals surface area contributed by atoms with Crippen LogP contribution >= 0.6 is 0 Å². The first-order chi connectivity index (χ1) is 17.9. The van der Waals surface area contributed by atoms with Crippen molar-refractivity contribution in [1.29, 1.82) is 0 Å². The van der Waals surface area contributed by atoms with Crippen LogP contribution < -0.4 is 16.0 Å². The number of nitrogens with one attached hydrogen (secondary N) is 3. The quantitative estimate of drug-likeness (QED) is 0.296. The van der Waals surface area contributed by atoms with E-state index in [-0.39, 0.29) is 26.2 Å². The molecule has 200 valence electrons. The van der Waals surface area contributed by atoms with Crippen LogP contribution in [0.15, 0.2) is 60.7 Å². The second-order valence-electron chi connectivity index (χ2n) is 8.55. The van der Waals surface area contributed by atoms with Gasteiger partial charge < -0.3 is 25.4 Å². The number of carbonyl (C=O) groups excluding carboxylic acids is 4. The minimum Gasteiger partial charge on any atom is -0.461 e. The Labute approximate surface area is 218 Å². The molecule has 0 bridgehead atoms. The summed E-state index contributed by atoms with van der Waals surface area (Å²) in [6.07, 6.45) is 1.48. The van der Waals surface area contributed by atoms with Crippen molar-refractivity contribution in [3.05, 3.63) is 71.8 Å². The van der Waals surface area contributed by atoms with E-state index in [4.69, 9.17) is 9.47 Å². The second kappa shape index (κ2) is 16.9. The standard InChI is InChI=1S/C28H37N3O6/c1-3-5-16-23(28(35)37-20-22-14-10-7-11-15-22)31-27(34)24(30-25(32)18-29-4-2)17-26(33)36-19-21-12-8-6-9-13-21/h6-15,23-24,29H,3-5,16-20H2,1-2H3,(H,30,32)(H,31,34)/t23-,24-/m0/s1. The number of hydrogen-bond donors (Lipinski definition) is 3. The molecule has 2 amide bonds. The molecule has 0 aliphatic rings. The molecule has 0 heterocycles. The van der Waals surface area contributed by atoms with Crippen molar-refractivity contribution in [3.8, 4) is 0 Å². The molecule has 0 saturated carbocycles. The molecule has 37 heavy (non-hydrogen) atoms. The highest BCUT2D eigenvalue weighted by atomic mass is 16.5. The molecular formula is C28H37N3O6. The normalized spacial score (nSPS) is 12.2. The maximum atomic E-state index is 13.2. The van der Waals surface area contributed by atoms with E-state index in [9.17, 15) is 19.2 Å². The molecule has 0 saturated heterocycles. The van der Waals surface area contributed by atoms with Crippen molar-refractivity contribution in [3.63, 3.8) is 0 Å². The van der Waals surface area contributed by atoms with E-state index in [1.54, 1.807) is 0 Å². The first-order valence-electron chi connectivity index (χ1n) is 12.6. The van der Waals surface area contributed by atoms with E-state index in [1.165, 1.54) is 0 Å². The van der Waals surface area contributed by atoms with Gasteiger partial charge in [0, 0.05) is 0 Å². The first-order valence-corrected chi connectivity index (χ1v) is 12.6. The third kappa shape index (κ3) is 11.7. The van der Waals surface area contributed by atoms with Gasteiger partial charge in [-0.05, 0) is 24.1 Å². The van der Waals surface area contributed by atoms with Crippen LogP contribution in [0, 0.1) is 0 Å². The molecule has 2 aromatic rings. The zero-order valence-electron chi connectivity index (χ0n) is 21.5. The van der Waals surface area contributed by atoms with Crippen LogP contribution in [-0.4, -0.2) is 48.9 Å². The molecule has 9 heteroatoms. The highest BCUT2D eigenvalue weighted by molar-refractivity contribution is 5.93. The van der Waals surface area contributed by atoms with Crippen LogP contribution in [0.1, 0.15) is 50.7 Å². The Hall–Kier alpha value is -3.72. The molecule has 0 aromatic heterocycles. The minimum absolute atomic E-state index is 0.0161. The summed E-state index contributed by atoms with van der Waals surface area (Å²) in [6.45, 7) is 4.49. The Morgan fingerprint density at radius 3 is 1.95 bits per heavy atom. The fraction of sp³-hybridized carbons (Fsp3) is 0.429. The number of rotatable bonds is 16. The fourth-order valence-corrected chi connectivity index (χ4v) is 3.42. The van der Waals surface area contributed by atoms with Gasteiger partial charge in [0.2, 0.25) is 11.8 Å². The van der Waals surface area contributed by atoms with Crippen LogP contribution in [0.25, 0.3) is 0 Å². The molecule has 2 rings (SSSR count). The molecule has 9 nitrogen and oxygen atoms in total. The van der Waals surface area contributed by atoms with E-state index in [0.29, 0.717) is 19.4 Å². The third-order valence-electron chi connectivity index (χ3n) is 5.47. The second-order valence-corrected chi connectivity index (χ2v) is 8.55. The number of likely N-dealkylation sites (N-methyl/N-ethyl adjacent to an activating group) is 1. The average Bonchev–Trinajstić information content (AvgIpc) is 2.92. The maximum Gasteiger partial charge on any atom is 0.328 e. The van der Waals surface area contributed by atoms with Crippen LogP contribution in [0.4, 0.5) is 0 Å². The Morgan fingerprint density at radius 2 is 1.38 bits per heavy atom. The molecule has 0 spiro atoms. The molecule has 3 N–H and O–H groups in total. The first kappa shape index (κ1) is 29.5. The molecular weight excluding hydrogens is 474 g/mol. The van der Waals surface area contributed by atoms with Crippen molar-refractivity contribution in [2.75, 3.05) is 13.1 Å². The van der Waals surface area contributed by atoms with Crippen LogP contribution in [0.5, 0.6) is 0 Å². The summed E-state index contributed by atoms with van der Waals surface area (Å²) in [5.41, 5.74) is 1.62. The number of amides is 2. The Balaban J connectivity index is 2.04. The van der Waals surface area contributed by atoms with Crippen LogP contribution in [0.2, 0.25) is 0 Å². The lowest BCUT2D eigenvalue weighted by Crippen LogP contribution is -2.53. The van der Waals surface area contributed by atoms with Crippen molar-refractivity contribution in [2.45, 2.75) is 64.8 Å². The van der Waals surface area contributed by atoms with Crippen molar-refractivity contribution in [1.82, 2.24) is 16.0 Å². The van der Waals surface area contributed by atoms with Gasteiger partial charge in [0.05, 0.1) is 13.0 Å². The Kier molecular flexibility index (Phi) is 13.4. The molecule has 0 radical (unpaired) electrons. The monoisotopic (exact) mass is 511 g/mol. The van der Waals surface area contributed by atoms with E-state index in [1.807, 2.05) is 74.5 Å². The molecule has 0 aliphatic heterocycles. The largest absolute Gasteiger partial charge is 0.461 e. The zero-order chi connectivity index (χ0) is 26.9. The summed E-state index contributed by atoms with van der Waals surface area (Å²) < 4.78 is 10.7. The number of ether oxygens (including phenoxy) is 2. The van der Waals surface area contributed by atoms with E-state index in [0.717, 1.165) is 17.5 Å². The van der Waals surface area contributed by atoms with E-state index < -0.39 is 35.8 Å². The molecule has 0 fully saturated rings.